The van der Waals surface area contributed by atoms with Gasteiger partial charge >= 0.3 is 11.9 Å². The molecular weight excluding hydrogens is 418 g/mol. The molecule has 1 atom stereocenters. The van der Waals surface area contributed by atoms with Crippen LogP contribution in [-0.2, 0) is 23.9 Å². The highest BCUT2D eigenvalue weighted by molar-refractivity contribution is 9.10. The van der Waals surface area contributed by atoms with Gasteiger partial charge in [-0.3, -0.25) is 4.79 Å². The Hall–Kier alpha value is -2.35. The Morgan fingerprint density at radius 1 is 1.22 bits per heavy atom. The number of halogens is 1. The lowest BCUT2D eigenvalue weighted by Crippen LogP contribution is -2.44. The fourth-order valence-corrected chi connectivity index (χ4v) is 2.62. The van der Waals surface area contributed by atoms with Crippen LogP contribution in [0.5, 0.6) is 5.75 Å². The second-order valence-electron chi connectivity index (χ2n) is 6.10. The first-order chi connectivity index (χ1) is 12.8. The number of amides is 1. The van der Waals surface area contributed by atoms with Crippen molar-refractivity contribution in [2.45, 2.75) is 26.3 Å². The van der Waals surface area contributed by atoms with Crippen molar-refractivity contribution in [3.63, 3.8) is 0 Å². The fourth-order valence-electron chi connectivity index (χ4n) is 2.24. The summed E-state index contributed by atoms with van der Waals surface area (Å²) in [7, 11) is 2.78. The maximum atomic E-state index is 11.9. The minimum absolute atomic E-state index is 0.181. The van der Waals surface area contributed by atoms with Crippen molar-refractivity contribution < 1.29 is 28.6 Å². The molecule has 0 spiro atoms. The molecule has 1 amide bonds. The Labute approximate surface area is 167 Å². The second-order valence-corrected chi connectivity index (χ2v) is 7.02. The van der Waals surface area contributed by atoms with Crippen molar-refractivity contribution in [1.29, 1.82) is 0 Å². The van der Waals surface area contributed by atoms with Crippen molar-refractivity contribution in [1.82, 2.24) is 5.32 Å². The van der Waals surface area contributed by atoms with Crippen LogP contribution in [0.2, 0.25) is 0 Å². The molecule has 0 saturated heterocycles. The van der Waals surface area contributed by atoms with Gasteiger partial charge in [-0.2, -0.15) is 0 Å². The first-order valence-corrected chi connectivity index (χ1v) is 9.11. The standard InChI is InChI=1S/C19H24BrNO6/c1-12(2)9-15(19(24)26-4)21-17(22)11-27-18(23)8-5-13-10-14(20)6-7-16(13)25-3/h5-8,10,12,15H,9,11H2,1-4H3,(H,21,22)/b8-5+. The first kappa shape index (κ1) is 22.7. The average Bonchev–Trinajstić information content (AvgIpc) is 2.63. The summed E-state index contributed by atoms with van der Waals surface area (Å²) in [6, 6.07) is 4.57. The molecule has 0 saturated carbocycles. The van der Waals surface area contributed by atoms with Gasteiger partial charge < -0.3 is 19.5 Å². The molecule has 0 fully saturated rings. The van der Waals surface area contributed by atoms with Gasteiger partial charge in [-0.05, 0) is 36.6 Å². The number of nitrogens with one attached hydrogen (secondary N) is 1. The summed E-state index contributed by atoms with van der Waals surface area (Å²) in [5.74, 6) is -1.03. The van der Waals surface area contributed by atoms with E-state index in [0.29, 0.717) is 17.7 Å². The van der Waals surface area contributed by atoms with E-state index in [1.165, 1.54) is 26.4 Å². The highest BCUT2D eigenvalue weighted by Crippen LogP contribution is 2.24. The molecule has 7 nitrogen and oxygen atoms in total. The Morgan fingerprint density at radius 3 is 2.52 bits per heavy atom. The Balaban J connectivity index is 2.59. The molecule has 1 rings (SSSR count). The van der Waals surface area contributed by atoms with Crippen molar-refractivity contribution in [3.05, 3.63) is 34.3 Å². The topological polar surface area (TPSA) is 90.9 Å². The summed E-state index contributed by atoms with van der Waals surface area (Å²) in [6.45, 7) is 3.34. The van der Waals surface area contributed by atoms with Gasteiger partial charge in [0.2, 0.25) is 0 Å². The Morgan fingerprint density at radius 2 is 1.93 bits per heavy atom. The zero-order valence-corrected chi connectivity index (χ0v) is 17.4. The third kappa shape index (κ3) is 8.25. The second kappa shape index (κ2) is 11.4. The van der Waals surface area contributed by atoms with Crippen molar-refractivity contribution in [2.24, 2.45) is 5.92 Å². The van der Waals surface area contributed by atoms with Crippen molar-refractivity contribution in [3.8, 4) is 5.75 Å². The van der Waals surface area contributed by atoms with Crippen LogP contribution in [0.3, 0.4) is 0 Å². The smallest absolute Gasteiger partial charge is 0.331 e. The molecule has 1 aromatic rings. The largest absolute Gasteiger partial charge is 0.496 e. The van der Waals surface area contributed by atoms with Crippen LogP contribution in [0.25, 0.3) is 6.08 Å². The number of rotatable bonds is 9. The third-order valence-corrected chi connectivity index (χ3v) is 3.96. The maximum absolute atomic E-state index is 11.9. The van der Waals surface area contributed by atoms with E-state index in [1.54, 1.807) is 12.1 Å². The molecule has 0 aromatic heterocycles. The molecular formula is C19H24BrNO6. The lowest BCUT2D eigenvalue weighted by Gasteiger charge is -2.18. The lowest BCUT2D eigenvalue weighted by molar-refractivity contribution is -0.148. The van der Waals surface area contributed by atoms with Gasteiger partial charge in [-0.15, -0.1) is 0 Å². The number of benzene rings is 1. The van der Waals surface area contributed by atoms with Crippen molar-refractivity contribution >= 4 is 39.9 Å². The molecule has 0 aliphatic carbocycles. The van der Waals surface area contributed by atoms with Crippen molar-refractivity contribution in [2.75, 3.05) is 20.8 Å². The summed E-state index contributed by atoms with van der Waals surface area (Å²) in [5, 5.41) is 2.51. The van der Waals surface area contributed by atoms with Gasteiger partial charge in [0.05, 0.1) is 14.2 Å². The van der Waals surface area contributed by atoms with Crippen LogP contribution >= 0.6 is 15.9 Å². The first-order valence-electron chi connectivity index (χ1n) is 8.32. The number of hydrogen-bond donors (Lipinski definition) is 1. The van der Waals surface area contributed by atoms with E-state index in [4.69, 9.17) is 9.47 Å². The average molecular weight is 442 g/mol. The van der Waals surface area contributed by atoms with Gasteiger partial charge in [0.25, 0.3) is 5.91 Å². The third-order valence-electron chi connectivity index (χ3n) is 3.46. The molecule has 27 heavy (non-hydrogen) atoms. The number of ether oxygens (including phenoxy) is 3. The maximum Gasteiger partial charge on any atom is 0.331 e. The monoisotopic (exact) mass is 441 g/mol. The van der Waals surface area contributed by atoms with Crippen LogP contribution in [0.15, 0.2) is 28.7 Å². The Bertz CT molecular complexity index is 701. The van der Waals surface area contributed by atoms with Crippen LogP contribution in [0.1, 0.15) is 25.8 Å². The predicted octanol–water partition coefficient (Wildman–Crippen LogP) is 2.72. The summed E-state index contributed by atoms with van der Waals surface area (Å²) in [6.07, 6.45) is 3.15. The zero-order chi connectivity index (χ0) is 20.4. The van der Waals surface area contributed by atoms with E-state index >= 15 is 0 Å². The van der Waals surface area contributed by atoms with E-state index in [2.05, 4.69) is 26.0 Å². The summed E-state index contributed by atoms with van der Waals surface area (Å²) >= 11 is 3.34. The summed E-state index contributed by atoms with van der Waals surface area (Å²) in [5.41, 5.74) is 0.677. The molecule has 1 N–H and O–H groups in total. The quantitative estimate of drug-likeness (QED) is 0.467. The molecule has 1 aromatic carbocycles. The van der Waals surface area contributed by atoms with Gasteiger partial charge in [-0.1, -0.05) is 29.8 Å². The lowest BCUT2D eigenvalue weighted by atomic mass is 10.0. The normalized spacial score (nSPS) is 11.9. The minimum Gasteiger partial charge on any atom is -0.496 e. The minimum atomic E-state index is -0.775. The molecule has 8 heteroatoms. The number of esters is 2. The molecule has 0 radical (unpaired) electrons. The number of carbonyl (C=O) groups excluding carboxylic acids is 3. The van der Waals surface area contributed by atoms with Gasteiger partial charge in [0.15, 0.2) is 6.61 Å². The summed E-state index contributed by atoms with van der Waals surface area (Å²) < 4.78 is 15.6. The van der Waals surface area contributed by atoms with Gasteiger partial charge in [-0.25, -0.2) is 9.59 Å². The molecule has 0 heterocycles. The number of carbonyl (C=O) groups is 3. The van der Waals surface area contributed by atoms with E-state index in [1.807, 2.05) is 19.9 Å². The van der Waals surface area contributed by atoms with Crippen LogP contribution in [0.4, 0.5) is 0 Å². The highest BCUT2D eigenvalue weighted by Gasteiger charge is 2.22. The molecule has 0 bridgehead atoms. The van der Waals surface area contributed by atoms with E-state index in [9.17, 15) is 14.4 Å². The van der Waals surface area contributed by atoms with Gasteiger partial charge in [0.1, 0.15) is 11.8 Å². The molecule has 0 aliphatic heterocycles. The van der Waals surface area contributed by atoms with E-state index in [-0.39, 0.29) is 5.92 Å². The zero-order valence-electron chi connectivity index (χ0n) is 15.8. The van der Waals surface area contributed by atoms with E-state index in [0.717, 1.165) is 4.47 Å². The van der Waals surface area contributed by atoms with E-state index < -0.39 is 30.5 Å². The predicted molar refractivity (Wildman–Crippen MR) is 104 cm³/mol. The number of methoxy groups -OCH3 is 2. The van der Waals surface area contributed by atoms with Crippen LogP contribution < -0.4 is 10.1 Å². The Kier molecular flexibility index (Phi) is 9.56. The molecule has 1 unspecified atom stereocenters. The molecule has 0 aliphatic rings. The van der Waals surface area contributed by atoms with Crippen LogP contribution in [-0.4, -0.2) is 44.7 Å². The molecule has 148 valence electrons. The number of hydrogen-bond acceptors (Lipinski definition) is 6. The SMILES string of the molecule is COC(=O)C(CC(C)C)NC(=O)COC(=O)/C=C/c1cc(Br)ccc1OC. The van der Waals surface area contributed by atoms with Crippen LogP contribution in [0, 0.1) is 5.92 Å². The summed E-state index contributed by atoms with van der Waals surface area (Å²) in [4.78, 5) is 35.5. The highest BCUT2D eigenvalue weighted by atomic mass is 79.9. The fraction of sp³-hybridized carbons (Fsp3) is 0.421. The van der Waals surface area contributed by atoms with Gasteiger partial charge in [0, 0.05) is 16.1 Å².